The Labute approximate surface area is 185 Å². The van der Waals surface area contributed by atoms with E-state index in [-0.39, 0.29) is 29.7 Å². The summed E-state index contributed by atoms with van der Waals surface area (Å²) >= 11 is 0. The molecule has 0 unspecified atom stereocenters. The van der Waals surface area contributed by atoms with E-state index in [1.807, 2.05) is 12.1 Å². The van der Waals surface area contributed by atoms with E-state index in [2.05, 4.69) is 47.1 Å². The zero-order chi connectivity index (χ0) is 19.9. The van der Waals surface area contributed by atoms with Crippen molar-refractivity contribution >= 4 is 45.6 Å². The Balaban J connectivity index is 0.00000392. The molecule has 0 radical (unpaired) electrons. The third-order valence-corrected chi connectivity index (χ3v) is 5.71. The van der Waals surface area contributed by atoms with Gasteiger partial charge in [-0.15, -0.1) is 24.0 Å². The number of nitrogens with one attached hydrogen (secondary N) is 2. The summed E-state index contributed by atoms with van der Waals surface area (Å²) in [7, 11) is -1.86. The number of nitrogens with two attached hydrogens (primary N) is 1. The highest BCUT2D eigenvalue weighted by Gasteiger charge is 2.09. The molecule has 28 heavy (non-hydrogen) atoms. The predicted molar refractivity (Wildman–Crippen MR) is 128 cm³/mol. The molecule has 0 saturated carbocycles. The van der Waals surface area contributed by atoms with Crippen LogP contribution in [0.25, 0.3) is 0 Å². The van der Waals surface area contributed by atoms with Crippen LogP contribution in [-0.2, 0) is 35.2 Å². The molecular weight excluding hydrogens is 487 g/mol. The van der Waals surface area contributed by atoms with Crippen molar-refractivity contribution in [2.45, 2.75) is 39.0 Å². The fourth-order valence-electron chi connectivity index (χ4n) is 2.78. The van der Waals surface area contributed by atoms with Gasteiger partial charge in [-0.2, -0.15) is 0 Å². The third-order valence-electron chi connectivity index (χ3n) is 4.37. The summed E-state index contributed by atoms with van der Waals surface area (Å²) in [4.78, 5) is 4.41. The van der Waals surface area contributed by atoms with Gasteiger partial charge in [0, 0.05) is 5.69 Å². The Morgan fingerprint density at radius 1 is 1.00 bits per heavy atom. The van der Waals surface area contributed by atoms with Gasteiger partial charge in [0.25, 0.3) is 0 Å². The van der Waals surface area contributed by atoms with Gasteiger partial charge >= 0.3 is 0 Å². The van der Waals surface area contributed by atoms with Crippen LogP contribution in [0, 0.1) is 0 Å². The number of anilines is 1. The van der Waals surface area contributed by atoms with E-state index >= 15 is 0 Å². The minimum absolute atomic E-state index is 0. The molecule has 6 nitrogen and oxygen atoms in total. The normalized spacial score (nSPS) is 11.8. The number of rotatable bonds is 8. The third kappa shape index (κ3) is 7.06. The molecule has 0 atom stereocenters. The molecule has 2 aromatic rings. The van der Waals surface area contributed by atoms with E-state index in [0.29, 0.717) is 12.5 Å². The number of aryl methyl sites for hydroxylation is 2. The van der Waals surface area contributed by atoms with Gasteiger partial charge in [0.15, 0.2) is 5.96 Å². The van der Waals surface area contributed by atoms with E-state index in [0.717, 1.165) is 29.7 Å². The standard InChI is InChI=1S/C20H28N4O2S.HI/c1-4-17-7-6-8-18(5-2)19(17)24-20(21)23-13-15-9-11-16(12-10-15)14-27(25,26)22-3;/h6-12,22H,4-5,13-14H2,1-3H3,(H3,21,23,24);1H. The molecule has 0 aromatic heterocycles. The van der Waals surface area contributed by atoms with Gasteiger partial charge in [-0.25, -0.2) is 18.1 Å². The first-order valence-corrected chi connectivity index (χ1v) is 10.7. The number of para-hydroxylation sites is 1. The summed E-state index contributed by atoms with van der Waals surface area (Å²) in [5, 5.41) is 3.24. The minimum Gasteiger partial charge on any atom is -0.370 e. The fourth-order valence-corrected chi connectivity index (χ4v) is 3.56. The van der Waals surface area contributed by atoms with Crippen molar-refractivity contribution in [2.24, 2.45) is 10.7 Å². The summed E-state index contributed by atoms with van der Waals surface area (Å²) in [6, 6.07) is 13.6. The Kier molecular flexibility index (Phi) is 9.91. The number of hydrogen-bond donors (Lipinski definition) is 3. The topological polar surface area (TPSA) is 96.6 Å². The molecule has 0 aliphatic heterocycles. The molecule has 154 valence electrons. The first-order chi connectivity index (χ1) is 12.9. The lowest BCUT2D eigenvalue weighted by atomic mass is 10.0. The number of aliphatic imine (C=N–C) groups is 1. The van der Waals surface area contributed by atoms with E-state index < -0.39 is 10.0 Å². The van der Waals surface area contributed by atoms with E-state index in [1.165, 1.54) is 18.2 Å². The molecule has 0 spiro atoms. The second kappa shape index (κ2) is 11.4. The van der Waals surface area contributed by atoms with Crippen molar-refractivity contribution in [1.29, 1.82) is 0 Å². The smallest absolute Gasteiger partial charge is 0.215 e. The van der Waals surface area contributed by atoms with Crippen molar-refractivity contribution in [3.8, 4) is 0 Å². The maximum absolute atomic E-state index is 11.6. The summed E-state index contributed by atoms with van der Waals surface area (Å²) in [5.41, 5.74) is 11.2. The van der Waals surface area contributed by atoms with Crippen LogP contribution in [-0.4, -0.2) is 21.4 Å². The van der Waals surface area contributed by atoms with Gasteiger partial charge in [0.05, 0.1) is 12.3 Å². The molecule has 2 aromatic carbocycles. The number of nitrogens with zero attached hydrogens (tertiary/aromatic N) is 1. The van der Waals surface area contributed by atoms with Gasteiger partial charge in [0.2, 0.25) is 10.0 Å². The Morgan fingerprint density at radius 2 is 1.54 bits per heavy atom. The van der Waals surface area contributed by atoms with Gasteiger partial charge in [-0.1, -0.05) is 56.3 Å². The van der Waals surface area contributed by atoms with Crippen molar-refractivity contribution in [3.05, 3.63) is 64.7 Å². The molecule has 0 heterocycles. The van der Waals surface area contributed by atoms with Crippen LogP contribution >= 0.6 is 24.0 Å². The average Bonchev–Trinajstić information content (AvgIpc) is 2.67. The highest BCUT2D eigenvalue weighted by molar-refractivity contribution is 14.0. The molecule has 0 bridgehead atoms. The summed E-state index contributed by atoms with van der Waals surface area (Å²) in [6.07, 6.45) is 1.83. The average molecular weight is 516 g/mol. The van der Waals surface area contributed by atoms with Crippen LogP contribution in [0.1, 0.15) is 36.1 Å². The number of hydrogen-bond acceptors (Lipinski definition) is 3. The first kappa shape index (κ1) is 24.4. The molecule has 2 rings (SSSR count). The number of benzene rings is 2. The largest absolute Gasteiger partial charge is 0.370 e. The maximum atomic E-state index is 11.6. The van der Waals surface area contributed by atoms with Crippen LogP contribution in [0.2, 0.25) is 0 Å². The molecule has 0 amide bonds. The quantitative estimate of drug-likeness (QED) is 0.285. The lowest BCUT2D eigenvalue weighted by molar-refractivity contribution is 0.587. The highest BCUT2D eigenvalue weighted by Crippen LogP contribution is 2.22. The first-order valence-electron chi connectivity index (χ1n) is 9.05. The van der Waals surface area contributed by atoms with Gasteiger partial charge < -0.3 is 11.1 Å². The zero-order valence-electron chi connectivity index (χ0n) is 16.5. The van der Waals surface area contributed by atoms with Crippen LogP contribution < -0.4 is 15.8 Å². The van der Waals surface area contributed by atoms with E-state index in [4.69, 9.17) is 5.73 Å². The summed E-state index contributed by atoms with van der Waals surface area (Å²) < 4.78 is 25.5. The molecule has 0 aliphatic carbocycles. The zero-order valence-corrected chi connectivity index (χ0v) is 19.7. The number of guanidine groups is 1. The van der Waals surface area contributed by atoms with Gasteiger partial charge in [-0.05, 0) is 42.1 Å². The van der Waals surface area contributed by atoms with Crippen molar-refractivity contribution in [2.75, 3.05) is 12.4 Å². The van der Waals surface area contributed by atoms with Crippen LogP contribution in [0.5, 0.6) is 0 Å². The Bertz CT molecular complexity index is 875. The van der Waals surface area contributed by atoms with Crippen molar-refractivity contribution in [3.63, 3.8) is 0 Å². The number of halogens is 1. The van der Waals surface area contributed by atoms with Crippen molar-refractivity contribution < 1.29 is 8.42 Å². The molecule has 0 fully saturated rings. The molecule has 0 aliphatic rings. The number of sulfonamides is 1. The Hall–Kier alpha value is -1.65. The lowest BCUT2D eigenvalue weighted by Gasteiger charge is -2.14. The second-order valence-corrected chi connectivity index (χ2v) is 8.19. The van der Waals surface area contributed by atoms with E-state index in [9.17, 15) is 8.42 Å². The fraction of sp³-hybridized carbons (Fsp3) is 0.350. The maximum Gasteiger partial charge on any atom is 0.215 e. The van der Waals surface area contributed by atoms with E-state index in [1.54, 1.807) is 12.1 Å². The van der Waals surface area contributed by atoms with Gasteiger partial charge in [0.1, 0.15) is 0 Å². The summed E-state index contributed by atoms with van der Waals surface area (Å²) in [5.74, 6) is 0.331. The predicted octanol–water partition coefficient (Wildman–Crippen LogP) is 3.41. The minimum atomic E-state index is -3.27. The molecular formula is C20H29IN4O2S. The molecule has 0 saturated heterocycles. The SMILES string of the molecule is CCc1cccc(CC)c1NC(N)=NCc1ccc(CS(=O)(=O)NC)cc1.I. The lowest BCUT2D eigenvalue weighted by Crippen LogP contribution is -2.24. The second-order valence-electron chi connectivity index (χ2n) is 6.26. The van der Waals surface area contributed by atoms with Crippen LogP contribution in [0.15, 0.2) is 47.5 Å². The van der Waals surface area contributed by atoms with Crippen molar-refractivity contribution in [1.82, 2.24) is 4.72 Å². The summed E-state index contributed by atoms with van der Waals surface area (Å²) in [6.45, 7) is 4.65. The Morgan fingerprint density at radius 3 is 2.04 bits per heavy atom. The highest BCUT2D eigenvalue weighted by atomic mass is 127. The molecule has 4 N–H and O–H groups in total. The van der Waals surface area contributed by atoms with Crippen LogP contribution in [0.3, 0.4) is 0 Å². The molecule has 8 heteroatoms. The van der Waals surface area contributed by atoms with Crippen LogP contribution in [0.4, 0.5) is 5.69 Å². The van der Waals surface area contributed by atoms with Gasteiger partial charge in [-0.3, -0.25) is 0 Å². The monoisotopic (exact) mass is 516 g/mol.